The zero-order valence-corrected chi connectivity index (χ0v) is 11.0. The topological polar surface area (TPSA) is 36.0 Å². The first-order valence-electron chi connectivity index (χ1n) is 2.29. The Kier molecular flexibility index (Phi) is 5.94. The molecule has 0 aliphatic heterocycles. The molecule has 0 aliphatic carbocycles. The van der Waals surface area contributed by atoms with Crippen LogP contribution < -0.4 is 56.5 Å². The molecule has 0 amide bonds. The average molecular weight is 237 g/mol. The molecule has 0 atom stereocenters. The van der Waals surface area contributed by atoms with E-state index in [9.17, 15) is 5.11 Å². The Balaban J connectivity index is 0.000001000. The van der Waals surface area contributed by atoms with Crippen LogP contribution in [0.4, 0.5) is 0 Å². The summed E-state index contributed by atoms with van der Waals surface area (Å²) < 4.78 is 0. The van der Waals surface area contributed by atoms with E-state index in [-0.39, 0.29) is 66.5 Å². The van der Waals surface area contributed by atoms with Gasteiger partial charge in [-0.2, -0.15) is 0 Å². The monoisotopic (exact) mass is 235 g/mol. The third-order valence-electron chi connectivity index (χ3n) is 0.885. The van der Waals surface area contributed by atoms with Crippen molar-refractivity contribution in [2.75, 3.05) is 0 Å². The van der Waals surface area contributed by atoms with Crippen LogP contribution in [-0.4, -0.2) is 4.98 Å². The van der Waals surface area contributed by atoms with Crippen LogP contribution in [0.25, 0.3) is 0 Å². The zero-order valence-electron chi connectivity index (χ0n) is 5.57. The number of pyridine rings is 1. The molecule has 2 nitrogen and oxygen atoms in total. The summed E-state index contributed by atoms with van der Waals surface area (Å²) in [6, 6.07) is 0. The molecule has 0 unspecified atom stereocenters. The Labute approximate surface area is 121 Å². The Morgan fingerprint density at radius 2 is 1.73 bits per heavy atom. The first kappa shape index (κ1) is 12.5. The summed E-state index contributed by atoms with van der Waals surface area (Å²) in [5.41, 5.74) is 0. The van der Waals surface area contributed by atoms with Crippen molar-refractivity contribution in [2.24, 2.45) is 0 Å². The van der Waals surface area contributed by atoms with Gasteiger partial charge in [0.1, 0.15) is 0 Å². The number of hydrogen-bond acceptors (Lipinski definition) is 2. The molecular formula is C5HCl3KNO. The van der Waals surface area contributed by atoms with Crippen molar-refractivity contribution in [3.8, 4) is 5.88 Å². The van der Waals surface area contributed by atoms with Crippen LogP contribution >= 0.6 is 34.8 Å². The van der Waals surface area contributed by atoms with E-state index >= 15 is 0 Å². The molecule has 0 bridgehead atoms. The molecule has 0 saturated carbocycles. The van der Waals surface area contributed by atoms with E-state index in [0.717, 1.165) is 6.20 Å². The number of aromatic nitrogens is 1. The second kappa shape index (κ2) is 5.24. The first-order valence-corrected chi connectivity index (χ1v) is 3.43. The maximum Gasteiger partial charge on any atom is 1.00 e. The molecule has 1 rings (SSSR count). The predicted octanol–water partition coefficient (Wildman–Crippen LogP) is -0.881. The molecule has 1 heterocycles. The molecule has 0 fully saturated rings. The van der Waals surface area contributed by atoms with Gasteiger partial charge < -0.3 is 5.11 Å². The van der Waals surface area contributed by atoms with Gasteiger partial charge in [-0.15, -0.1) is 0 Å². The van der Waals surface area contributed by atoms with Gasteiger partial charge in [-0.1, -0.05) is 34.8 Å². The smallest absolute Gasteiger partial charge is 0.858 e. The zero-order chi connectivity index (χ0) is 7.72. The Hall–Kier alpha value is 1.46. The van der Waals surface area contributed by atoms with Crippen LogP contribution in [0.2, 0.25) is 15.1 Å². The van der Waals surface area contributed by atoms with Crippen LogP contribution in [0.5, 0.6) is 5.88 Å². The Bertz CT molecular complexity index is 241. The van der Waals surface area contributed by atoms with Crippen molar-refractivity contribution >= 4 is 34.8 Å². The first-order chi connectivity index (χ1) is 4.63. The third kappa shape index (κ3) is 3.01. The van der Waals surface area contributed by atoms with Gasteiger partial charge in [-0.3, -0.25) is 4.98 Å². The second-order valence-corrected chi connectivity index (χ2v) is 2.70. The molecule has 6 heteroatoms. The van der Waals surface area contributed by atoms with E-state index in [0.29, 0.717) is 0 Å². The summed E-state index contributed by atoms with van der Waals surface area (Å²) in [6.45, 7) is 0. The van der Waals surface area contributed by atoms with Crippen molar-refractivity contribution in [3.63, 3.8) is 0 Å². The number of nitrogens with zero attached hydrogens (tertiary/aromatic N) is 1. The minimum atomic E-state index is -0.559. The SMILES string of the molecule is [K+].[O-]c1ncc(Cl)c(Cl)c1Cl. The van der Waals surface area contributed by atoms with E-state index in [2.05, 4.69) is 4.98 Å². The van der Waals surface area contributed by atoms with Crippen molar-refractivity contribution in [1.82, 2.24) is 4.98 Å². The fourth-order valence-electron chi connectivity index (χ4n) is 0.427. The number of hydrogen-bond donors (Lipinski definition) is 0. The molecule has 0 radical (unpaired) electrons. The Morgan fingerprint density at radius 1 is 1.18 bits per heavy atom. The fraction of sp³-hybridized carbons (Fsp3) is 0. The average Bonchev–Trinajstić information content (AvgIpc) is 1.93. The molecule has 1 aromatic heterocycles. The molecule has 0 aromatic carbocycles. The van der Waals surface area contributed by atoms with Gasteiger partial charge in [0, 0.05) is 12.1 Å². The maximum atomic E-state index is 10.6. The molecular weight excluding hydrogens is 236 g/mol. The van der Waals surface area contributed by atoms with Gasteiger partial charge in [0.15, 0.2) is 0 Å². The summed E-state index contributed by atoms with van der Waals surface area (Å²) in [5, 5.41) is 10.7. The van der Waals surface area contributed by atoms with Crippen molar-refractivity contribution in [2.45, 2.75) is 0 Å². The summed E-state index contributed by atoms with van der Waals surface area (Å²) in [4.78, 5) is 3.34. The van der Waals surface area contributed by atoms with Gasteiger partial charge in [0.2, 0.25) is 0 Å². The summed E-state index contributed by atoms with van der Waals surface area (Å²) in [5.74, 6) is -0.559. The number of halogens is 3. The summed E-state index contributed by atoms with van der Waals surface area (Å²) in [7, 11) is 0. The van der Waals surface area contributed by atoms with Crippen LogP contribution in [-0.2, 0) is 0 Å². The minimum absolute atomic E-state index is 0. The quantitative estimate of drug-likeness (QED) is 0.549. The second-order valence-electron chi connectivity index (χ2n) is 1.54. The molecule has 0 N–H and O–H groups in total. The maximum absolute atomic E-state index is 10.6. The summed E-state index contributed by atoms with van der Waals surface area (Å²) in [6.07, 6.45) is 1.16. The van der Waals surface area contributed by atoms with E-state index in [1.165, 1.54) is 0 Å². The van der Waals surface area contributed by atoms with Gasteiger partial charge in [-0.25, -0.2) is 0 Å². The minimum Gasteiger partial charge on any atom is -0.858 e. The van der Waals surface area contributed by atoms with Crippen molar-refractivity contribution in [1.29, 1.82) is 0 Å². The molecule has 1 aromatic rings. The van der Waals surface area contributed by atoms with E-state index in [4.69, 9.17) is 34.8 Å². The predicted molar refractivity (Wildman–Crippen MR) is 38.7 cm³/mol. The van der Waals surface area contributed by atoms with Crippen LogP contribution in [0, 0.1) is 0 Å². The molecule has 0 saturated heterocycles. The fourth-order valence-corrected chi connectivity index (χ4v) is 0.899. The molecule has 11 heavy (non-hydrogen) atoms. The van der Waals surface area contributed by atoms with E-state index in [1.54, 1.807) is 0 Å². The van der Waals surface area contributed by atoms with E-state index < -0.39 is 5.88 Å². The largest absolute Gasteiger partial charge is 1.00 e. The standard InChI is InChI=1S/C5H2Cl3NO.K/c6-2-1-9-5(10)4(8)3(2)7;/h1H,(H,9,10);/q;+1/p-1. The molecule has 0 spiro atoms. The van der Waals surface area contributed by atoms with Crippen molar-refractivity contribution < 1.29 is 56.5 Å². The van der Waals surface area contributed by atoms with Crippen LogP contribution in [0.1, 0.15) is 0 Å². The molecule has 54 valence electrons. The van der Waals surface area contributed by atoms with Crippen LogP contribution in [0.15, 0.2) is 6.20 Å². The van der Waals surface area contributed by atoms with Gasteiger partial charge in [-0.05, 0) is 0 Å². The summed E-state index contributed by atoms with van der Waals surface area (Å²) >= 11 is 16.3. The van der Waals surface area contributed by atoms with Crippen molar-refractivity contribution in [3.05, 3.63) is 21.3 Å². The number of rotatable bonds is 0. The van der Waals surface area contributed by atoms with Crippen LogP contribution in [0.3, 0.4) is 0 Å². The Morgan fingerprint density at radius 3 is 2.18 bits per heavy atom. The van der Waals surface area contributed by atoms with Gasteiger partial charge in [0.05, 0.1) is 15.1 Å². The molecule has 0 aliphatic rings. The van der Waals surface area contributed by atoms with E-state index in [1.807, 2.05) is 0 Å². The van der Waals surface area contributed by atoms with Gasteiger partial charge in [0.25, 0.3) is 0 Å². The third-order valence-corrected chi connectivity index (χ3v) is 2.11. The normalized spacial score (nSPS) is 9.00. The van der Waals surface area contributed by atoms with Gasteiger partial charge >= 0.3 is 51.4 Å².